The Morgan fingerprint density at radius 2 is 1.64 bits per heavy atom. The van der Waals surface area contributed by atoms with Gasteiger partial charge in [-0.25, -0.2) is 0 Å². The molecule has 0 amide bonds. The third-order valence-electron chi connectivity index (χ3n) is 7.44. The van der Waals surface area contributed by atoms with Gasteiger partial charge in [0.2, 0.25) is 0 Å². The average molecular weight is 745 g/mol. The molecule has 6 heteroatoms. The molecule has 0 fully saturated rings. The van der Waals surface area contributed by atoms with Crippen molar-refractivity contribution in [1.82, 2.24) is 9.97 Å². The van der Waals surface area contributed by atoms with Crippen LogP contribution in [0.25, 0.3) is 22.5 Å². The van der Waals surface area contributed by atoms with Gasteiger partial charge in [0.25, 0.3) is 0 Å². The fourth-order valence-electron chi connectivity index (χ4n) is 4.69. The minimum absolute atomic E-state index is 0. The van der Waals surface area contributed by atoms with Crippen LogP contribution in [-0.2, 0) is 30.3 Å². The molecule has 0 aliphatic carbocycles. The van der Waals surface area contributed by atoms with Gasteiger partial charge in [0.1, 0.15) is 0 Å². The molecule has 3 rings (SSSR count). The quantitative estimate of drug-likeness (QED) is 0.134. The second kappa shape index (κ2) is 17.1. The number of hydrogen-bond acceptors (Lipinski definition) is 5. The summed E-state index contributed by atoms with van der Waals surface area (Å²) in [7, 11) is 0. The Morgan fingerprint density at radius 1 is 1.02 bits per heavy atom. The van der Waals surface area contributed by atoms with E-state index in [-0.39, 0.29) is 48.9 Å². The second-order valence-corrected chi connectivity index (χ2v) is 11.6. The third kappa shape index (κ3) is 10.3. The van der Waals surface area contributed by atoms with Gasteiger partial charge in [-0.1, -0.05) is 67.5 Å². The van der Waals surface area contributed by atoms with Gasteiger partial charge in [-0.05, 0) is 50.2 Å². The van der Waals surface area contributed by atoms with E-state index in [1.165, 1.54) is 11.6 Å². The minimum atomic E-state index is 0. The van der Waals surface area contributed by atoms with Gasteiger partial charge in [-0.2, -0.15) is 5.26 Å². The van der Waals surface area contributed by atoms with Crippen molar-refractivity contribution in [3.63, 3.8) is 0 Å². The van der Waals surface area contributed by atoms with Gasteiger partial charge < -0.3 is 10.1 Å². The summed E-state index contributed by atoms with van der Waals surface area (Å²) in [6.45, 7) is 18.7. The van der Waals surface area contributed by atoms with Gasteiger partial charge in [0.15, 0.2) is 5.78 Å². The number of ketones is 1. The number of hydrogen-bond donors (Lipinski definition) is 1. The zero-order chi connectivity index (χ0) is 30.7. The van der Waals surface area contributed by atoms with Gasteiger partial charge in [0, 0.05) is 61.2 Å². The molecule has 1 heterocycles. The van der Waals surface area contributed by atoms with Crippen molar-refractivity contribution in [2.45, 2.75) is 93.4 Å². The van der Waals surface area contributed by atoms with Gasteiger partial charge >= 0.3 is 0 Å². The molecular formula is C36H46IrN3O2-. The number of aliphatic hydroxyl groups is 1. The number of nitrogens with zero attached hydrogens (tertiary/aromatic N) is 3. The molecule has 0 aliphatic heterocycles. The van der Waals surface area contributed by atoms with Crippen molar-refractivity contribution < 1.29 is 30.0 Å². The summed E-state index contributed by atoms with van der Waals surface area (Å²) in [5.41, 5.74) is 7.38. The van der Waals surface area contributed by atoms with Crippen LogP contribution in [0.5, 0.6) is 0 Å². The Bertz CT molecular complexity index is 1390. The van der Waals surface area contributed by atoms with E-state index in [2.05, 4.69) is 56.9 Å². The maximum Gasteiger partial charge on any atom is 0.162 e. The zero-order valence-corrected chi connectivity index (χ0v) is 29.0. The molecule has 0 atom stereocenters. The maximum absolute atomic E-state index is 11.7. The smallest absolute Gasteiger partial charge is 0.162 e. The number of aliphatic hydroxyl groups excluding tert-OH is 1. The molecule has 0 unspecified atom stereocenters. The van der Waals surface area contributed by atoms with Crippen LogP contribution in [0.1, 0.15) is 96.5 Å². The van der Waals surface area contributed by atoms with E-state index in [0.717, 1.165) is 59.5 Å². The summed E-state index contributed by atoms with van der Waals surface area (Å²) in [4.78, 5) is 21.1. The molecule has 3 aromatic rings. The Kier molecular flexibility index (Phi) is 15.0. The Hall–Kier alpha value is -3.13. The van der Waals surface area contributed by atoms with Crippen molar-refractivity contribution in [1.29, 1.82) is 5.26 Å². The first-order valence-corrected chi connectivity index (χ1v) is 14.7. The normalized spacial score (nSPS) is 11.4. The summed E-state index contributed by atoms with van der Waals surface area (Å²) in [5, 5.41) is 18.8. The summed E-state index contributed by atoms with van der Waals surface area (Å²) >= 11 is 0. The van der Waals surface area contributed by atoms with E-state index < -0.39 is 0 Å². The fourth-order valence-corrected chi connectivity index (χ4v) is 4.69. The van der Waals surface area contributed by atoms with E-state index in [9.17, 15) is 9.90 Å². The fraction of sp³-hybridized carbons (Fsp3) is 0.444. The van der Waals surface area contributed by atoms with Crippen LogP contribution in [-0.4, -0.2) is 20.9 Å². The van der Waals surface area contributed by atoms with E-state index in [4.69, 9.17) is 10.2 Å². The summed E-state index contributed by atoms with van der Waals surface area (Å²) in [6.07, 6.45) is 6.68. The molecule has 227 valence electrons. The van der Waals surface area contributed by atoms with Crippen LogP contribution in [0.2, 0.25) is 0 Å². The first-order chi connectivity index (χ1) is 19.4. The number of aromatic nitrogens is 2. The van der Waals surface area contributed by atoms with Crippen LogP contribution in [0.15, 0.2) is 54.4 Å². The van der Waals surface area contributed by atoms with E-state index in [1.54, 1.807) is 12.3 Å². The first kappa shape index (κ1) is 36.9. The summed E-state index contributed by atoms with van der Waals surface area (Å²) in [5.74, 6) is 0.547. The number of aryl methyl sites for hydroxylation is 2. The molecule has 0 spiro atoms. The van der Waals surface area contributed by atoms with E-state index >= 15 is 0 Å². The standard InChI is InChI=1S/C23H22N3.C13H24O2.Ir/c1-15-9-19(12-20(10-15)23(3,4)5)22-16(2)26-21(14-25-22)18-8-6-7-17(11-18)13-24;1-5-10(6-2)12(14)9-13(15)11(7-3)8-4;/h6-8,10-12,14H,1-5H3;9-11,14H,5-8H2,1-4H3;/q-1;;/b;12-9-;. The Morgan fingerprint density at radius 3 is 2.17 bits per heavy atom. The molecule has 42 heavy (non-hydrogen) atoms. The van der Waals surface area contributed by atoms with Gasteiger partial charge in [-0.15, -0.1) is 34.9 Å². The molecule has 0 aliphatic rings. The number of carbonyl (C=O) groups excluding carboxylic acids is 1. The van der Waals surface area contributed by atoms with Gasteiger partial charge in [-0.3, -0.25) is 9.78 Å². The number of nitriles is 1. The van der Waals surface area contributed by atoms with Crippen molar-refractivity contribution >= 4 is 5.78 Å². The summed E-state index contributed by atoms with van der Waals surface area (Å²) < 4.78 is 0. The van der Waals surface area contributed by atoms with Crippen molar-refractivity contribution in [3.8, 4) is 28.6 Å². The molecular weight excluding hydrogens is 699 g/mol. The predicted molar refractivity (Wildman–Crippen MR) is 168 cm³/mol. The second-order valence-electron chi connectivity index (χ2n) is 11.6. The maximum atomic E-state index is 11.7. The van der Waals surface area contributed by atoms with Crippen LogP contribution >= 0.6 is 0 Å². The molecule has 5 nitrogen and oxygen atoms in total. The average Bonchev–Trinajstić information content (AvgIpc) is 2.94. The monoisotopic (exact) mass is 745 g/mol. The number of benzene rings is 2. The van der Waals surface area contributed by atoms with Crippen molar-refractivity contribution in [2.75, 3.05) is 0 Å². The Labute approximate surface area is 266 Å². The van der Waals surface area contributed by atoms with Crippen molar-refractivity contribution in [2.24, 2.45) is 11.8 Å². The Balaban J connectivity index is 0.000000476. The van der Waals surface area contributed by atoms with Gasteiger partial charge in [0.05, 0.1) is 23.1 Å². The zero-order valence-electron chi connectivity index (χ0n) is 26.6. The molecule has 0 bridgehead atoms. The first-order valence-electron chi connectivity index (χ1n) is 14.7. The largest absolute Gasteiger partial charge is 0.512 e. The minimum Gasteiger partial charge on any atom is -0.512 e. The third-order valence-corrected chi connectivity index (χ3v) is 7.44. The van der Waals surface area contributed by atoms with E-state index in [1.807, 2.05) is 52.8 Å². The molecule has 1 N–H and O–H groups in total. The molecule has 0 saturated carbocycles. The number of allylic oxidation sites excluding steroid dienone is 2. The number of carbonyl (C=O) groups is 1. The SMILES string of the molecule is CCC(CC)C(=O)/C=C(\O)C(CC)CC.Cc1[c-]c(-c2ncc(-c3cccc(C#N)c3)nc2C)cc(C(C)(C)C)c1.[Ir]. The van der Waals surface area contributed by atoms with E-state index in [0.29, 0.717) is 5.56 Å². The molecule has 2 aromatic carbocycles. The molecule has 1 aromatic heterocycles. The predicted octanol–water partition coefficient (Wildman–Crippen LogP) is 9.26. The van der Waals surface area contributed by atoms with Crippen molar-refractivity contribution in [3.05, 3.63) is 82.9 Å². The number of rotatable bonds is 9. The topological polar surface area (TPSA) is 86.9 Å². The van der Waals surface area contributed by atoms with Crippen LogP contribution in [0.3, 0.4) is 0 Å². The van der Waals surface area contributed by atoms with Crippen LogP contribution in [0, 0.1) is 43.1 Å². The molecule has 1 radical (unpaired) electrons. The summed E-state index contributed by atoms with van der Waals surface area (Å²) in [6, 6.07) is 17.3. The van der Waals surface area contributed by atoms with Crippen LogP contribution in [0.4, 0.5) is 0 Å². The van der Waals surface area contributed by atoms with Crippen LogP contribution < -0.4 is 0 Å². The molecule has 0 saturated heterocycles.